The molecule has 2 heteroatoms. The molecule has 23 heavy (non-hydrogen) atoms. The summed E-state index contributed by atoms with van der Waals surface area (Å²) in [4.78, 5) is 0. The van der Waals surface area contributed by atoms with Gasteiger partial charge in [0.15, 0.2) is 0 Å². The van der Waals surface area contributed by atoms with Gasteiger partial charge in [-0.1, -0.05) is 49.6 Å². The van der Waals surface area contributed by atoms with Gasteiger partial charge in [-0.3, -0.25) is 0 Å². The van der Waals surface area contributed by atoms with Crippen LogP contribution < -0.4 is 0 Å². The van der Waals surface area contributed by atoms with E-state index in [0.29, 0.717) is 6.04 Å². The van der Waals surface area contributed by atoms with Crippen LogP contribution in [0.3, 0.4) is 0 Å². The minimum atomic E-state index is 0.574. The molecule has 2 aromatic carbocycles. The zero-order valence-corrected chi connectivity index (χ0v) is 13.2. The van der Waals surface area contributed by atoms with E-state index in [2.05, 4.69) is 53.1 Å². The maximum absolute atomic E-state index is 9.18. The quantitative estimate of drug-likeness (QED) is 0.598. The maximum Gasteiger partial charge on any atom is 0.0991 e. The zero-order chi connectivity index (χ0) is 15.6. The van der Waals surface area contributed by atoms with Crippen molar-refractivity contribution >= 4 is 10.9 Å². The molecule has 3 aromatic rings. The van der Waals surface area contributed by atoms with Crippen LogP contribution >= 0.6 is 0 Å². The highest BCUT2D eigenvalue weighted by molar-refractivity contribution is 5.88. The summed E-state index contributed by atoms with van der Waals surface area (Å²) in [6.07, 6.45) is 6.49. The Kier molecular flexibility index (Phi) is 3.63. The molecule has 0 atom stereocenters. The number of rotatable bonds is 2. The van der Waals surface area contributed by atoms with E-state index in [1.165, 1.54) is 54.3 Å². The van der Waals surface area contributed by atoms with Crippen molar-refractivity contribution in [1.29, 1.82) is 5.26 Å². The number of hydrogen-bond acceptors (Lipinski definition) is 1. The van der Waals surface area contributed by atoms with Crippen molar-refractivity contribution in [3.63, 3.8) is 0 Å². The lowest BCUT2D eigenvalue weighted by Crippen LogP contribution is -2.13. The molecule has 1 aliphatic rings. The summed E-state index contributed by atoms with van der Waals surface area (Å²) in [6.45, 7) is 0. The predicted molar refractivity (Wildman–Crippen MR) is 94.2 cm³/mol. The number of aromatic nitrogens is 1. The summed E-state index contributed by atoms with van der Waals surface area (Å²) in [7, 11) is 0. The average molecular weight is 300 g/mol. The second-order valence-corrected chi connectivity index (χ2v) is 6.44. The van der Waals surface area contributed by atoms with E-state index >= 15 is 0 Å². The molecule has 0 spiro atoms. The second-order valence-electron chi connectivity index (χ2n) is 6.44. The van der Waals surface area contributed by atoms with Crippen LogP contribution in [0.4, 0.5) is 0 Å². The first-order chi connectivity index (χ1) is 11.4. The van der Waals surface area contributed by atoms with Crippen LogP contribution in [-0.2, 0) is 0 Å². The summed E-state index contributed by atoms with van der Waals surface area (Å²) < 4.78 is 2.52. The number of hydrogen-bond donors (Lipinski definition) is 0. The van der Waals surface area contributed by atoms with Crippen LogP contribution in [0.15, 0.2) is 54.6 Å². The van der Waals surface area contributed by atoms with Crippen molar-refractivity contribution in [1.82, 2.24) is 4.57 Å². The average Bonchev–Trinajstić information content (AvgIpc) is 3.01. The first-order valence-corrected chi connectivity index (χ1v) is 8.47. The van der Waals surface area contributed by atoms with Gasteiger partial charge in [-0.2, -0.15) is 5.26 Å². The molecule has 1 aromatic heterocycles. The molecule has 0 aliphatic heterocycles. The lowest BCUT2D eigenvalue weighted by molar-refractivity contribution is 0.363. The van der Waals surface area contributed by atoms with Gasteiger partial charge in [0.2, 0.25) is 0 Å². The smallest absolute Gasteiger partial charge is 0.0991 e. The van der Waals surface area contributed by atoms with E-state index in [0.717, 1.165) is 5.56 Å². The van der Waals surface area contributed by atoms with Gasteiger partial charge < -0.3 is 4.57 Å². The third-order valence-electron chi connectivity index (χ3n) is 4.98. The standard InChI is InChI=1S/C21H20N2/c22-15-16-11-12-20-18(13-16)14-21(17-7-3-1-4-8-17)23(20)19-9-5-2-6-10-19/h1,3-4,7-8,11-14,19H,2,5-6,9-10H2. The minimum absolute atomic E-state index is 0.574. The van der Waals surface area contributed by atoms with E-state index in [-0.39, 0.29) is 0 Å². The van der Waals surface area contributed by atoms with Gasteiger partial charge in [-0.15, -0.1) is 0 Å². The molecule has 1 heterocycles. The molecule has 1 aliphatic carbocycles. The van der Waals surface area contributed by atoms with Gasteiger partial charge >= 0.3 is 0 Å². The van der Waals surface area contributed by atoms with Gasteiger partial charge in [0.1, 0.15) is 0 Å². The zero-order valence-electron chi connectivity index (χ0n) is 13.2. The van der Waals surface area contributed by atoms with E-state index in [1.807, 2.05) is 12.1 Å². The van der Waals surface area contributed by atoms with Crippen molar-refractivity contribution in [2.75, 3.05) is 0 Å². The van der Waals surface area contributed by atoms with E-state index in [9.17, 15) is 5.26 Å². The highest BCUT2D eigenvalue weighted by atomic mass is 15.0. The summed E-state index contributed by atoms with van der Waals surface area (Å²) in [5.74, 6) is 0. The topological polar surface area (TPSA) is 28.7 Å². The Bertz CT molecular complexity index is 862. The Labute approximate surface area is 137 Å². The number of benzene rings is 2. The summed E-state index contributed by atoms with van der Waals surface area (Å²) >= 11 is 0. The highest BCUT2D eigenvalue weighted by Gasteiger charge is 2.21. The Hall–Kier alpha value is -2.53. The Morgan fingerprint density at radius 2 is 1.70 bits per heavy atom. The lowest BCUT2D eigenvalue weighted by Gasteiger charge is -2.26. The van der Waals surface area contributed by atoms with Crippen molar-refractivity contribution in [3.05, 3.63) is 60.2 Å². The van der Waals surface area contributed by atoms with Crippen molar-refractivity contribution < 1.29 is 0 Å². The normalized spacial score (nSPS) is 15.6. The number of nitriles is 1. The molecular formula is C21H20N2. The molecule has 0 saturated heterocycles. The van der Waals surface area contributed by atoms with Crippen LogP contribution in [0.5, 0.6) is 0 Å². The Balaban J connectivity index is 1.94. The van der Waals surface area contributed by atoms with Gasteiger partial charge in [-0.25, -0.2) is 0 Å². The van der Waals surface area contributed by atoms with Crippen LogP contribution in [0, 0.1) is 11.3 Å². The van der Waals surface area contributed by atoms with Crippen LogP contribution in [0.2, 0.25) is 0 Å². The van der Waals surface area contributed by atoms with E-state index in [1.54, 1.807) is 0 Å². The molecule has 0 amide bonds. The lowest BCUT2D eigenvalue weighted by atomic mass is 9.94. The minimum Gasteiger partial charge on any atom is -0.337 e. The van der Waals surface area contributed by atoms with Crippen molar-refractivity contribution in [3.8, 4) is 17.3 Å². The molecule has 1 fully saturated rings. The summed E-state index contributed by atoms with van der Waals surface area (Å²) in [6, 6.07) is 21.8. The SMILES string of the molecule is N#Cc1ccc2c(c1)cc(-c1ccccc1)n2C1CCCCC1. The predicted octanol–water partition coefficient (Wildman–Crippen LogP) is 5.69. The Morgan fingerprint density at radius 1 is 0.913 bits per heavy atom. The molecular weight excluding hydrogens is 280 g/mol. The third-order valence-corrected chi connectivity index (χ3v) is 4.98. The first-order valence-electron chi connectivity index (χ1n) is 8.47. The molecule has 0 bridgehead atoms. The van der Waals surface area contributed by atoms with Crippen LogP contribution in [-0.4, -0.2) is 4.57 Å². The van der Waals surface area contributed by atoms with E-state index in [4.69, 9.17) is 0 Å². The molecule has 0 N–H and O–H groups in total. The largest absolute Gasteiger partial charge is 0.337 e. The van der Waals surface area contributed by atoms with Crippen molar-refractivity contribution in [2.24, 2.45) is 0 Å². The van der Waals surface area contributed by atoms with Crippen molar-refractivity contribution in [2.45, 2.75) is 38.1 Å². The third kappa shape index (κ3) is 2.53. The molecule has 2 nitrogen and oxygen atoms in total. The number of fused-ring (bicyclic) bond motifs is 1. The van der Waals surface area contributed by atoms with Gasteiger partial charge in [0.25, 0.3) is 0 Å². The molecule has 4 rings (SSSR count). The fraction of sp³-hybridized carbons (Fsp3) is 0.286. The molecule has 0 unspecified atom stereocenters. The van der Waals surface area contributed by atoms with E-state index < -0.39 is 0 Å². The number of nitrogens with zero attached hydrogens (tertiary/aromatic N) is 2. The van der Waals surface area contributed by atoms with Crippen LogP contribution in [0.1, 0.15) is 43.7 Å². The fourth-order valence-corrected chi connectivity index (χ4v) is 3.87. The summed E-state index contributed by atoms with van der Waals surface area (Å²) in [5.41, 5.74) is 4.53. The molecule has 0 radical (unpaired) electrons. The molecule has 1 saturated carbocycles. The monoisotopic (exact) mass is 300 g/mol. The Morgan fingerprint density at radius 3 is 2.43 bits per heavy atom. The summed E-state index contributed by atoms with van der Waals surface area (Å²) in [5, 5.41) is 10.4. The van der Waals surface area contributed by atoms with Crippen LogP contribution in [0.25, 0.3) is 22.2 Å². The van der Waals surface area contributed by atoms with Gasteiger partial charge in [0.05, 0.1) is 11.6 Å². The first kappa shape index (κ1) is 14.1. The molecule has 114 valence electrons. The fourth-order valence-electron chi connectivity index (χ4n) is 3.87. The highest BCUT2D eigenvalue weighted by Crippen LogP contribution is 2.37. The van der Waals surface area contributed by atoms with Gasteiger partial charge in [0, 0.05) is 22.6 Å². The van der Waals surface area contributed by atoms with Gasteiger partial charge in [-0.05, 0) is 42.7 Å². The maximum atomic E-state index is 9.18. The second kappa shape index (κ2) is 5.93.